The van der Waals surface area contributed by atoms with E-state index in [0.29, 0.717) is 0 Å². The fourth-order valence-electron chi connectivity index (χ4n) is 10.6. The van der Waals surface area contributed by atoms with Crippen molar-refractivity contribution >= 4 is 87.2 Å². The van der Waals surface area contributed by atoms with Gasteiger partial charge in [-0.05, 0) is 99.0 Å². The number of quaternary nitrogens is 4. The van der Waals surface area contributed by atoms with Crippen LogP contribution in [0, 0.1) is 0 Å². The second-order valence-electron chi connectivity index (χ2n) is 19.8. The Hall–Kier alpha value is -6.24. The van der Waals surface area contributed by atoms with Crippen molar-refractivity contribution in [1.29, 1.82) is 0 Å². The molecule has 0 saturated carbocycles. The van der Waals surface area contributed by atoms with E-state index in [9.17, 15) is 0 Å². The number of aromatic nitrogens is 4. The summed E-state index contributed by atoms with van der Waals surface area (Å²) in [6.45, 7) is 12.9. The van der Waals surface area contributed by atoms with Crippen LogP contribution in [-0.2, 0) is 26.2 Å². The maximum Gasteiger partial charge on any atom is 0.237 e. The molecular formula is C58H68N10+6. The molecule has 6 aromatic carbocycles. The Morgan fingerprint density at radius 3 is 1.10 bits per heavy atom. The highest BCUT2D eigenvalue weighted by molar-refractivity contribution is 6.08. The van der Waals surface area contributed by atoms with Gasteiger partial charge in [-0.3, -0.25) is 0 Å². The number of benzene rings is 6. The lowest BCUT2D eigenvalue weighted by atomic mass is 10.0. The molecule has 0 radical (unpaired) electrons. The number of H-pyrrole nitrogens is 2. The maximum atomic E-state index is 5.22. The van der Waals surface area contributed by atoms with E-state index in [-0.39, 0.29) is 0 Å². The number of hydrogen-bond acceptors (Lipinski definition) is 4. The van der Waals surface area contributed by atoms with Crippen LogP contribution in [0.15, 0.2) is 121 Å². The SMILES string of the molecule is CN1CCC[NH2+]Cc2ccc3nc4c(ccc5cc6cc(ccc6[nH+]c54)C[NH2+]CCCN(C)CCC[NH2+]Cc4ccc5[nH+]c6c(ccc7cc8cc(ccc8nc76)C[NH2+]CCC1)cc5c4)cc3c2. The molecule has 0 spiro atoms. The molecule has 344 valence electrons. The first-order valence-electron chi connectivity index (χ1n) is 25.3. The zero-order valence-corrected chi connectivity index (χ0v) is 40.0. The number of nitrogens with zero attached hydrogens (tertiary/aromatic N) is 4. The Morgan fingerprint density at radius 2 is 0.706 bits per heavy atom. The summed E-state index contributed by atoms with van der Waals surface area (Å²) in [4.78, 5) is 23.0. The minimum absolute atomic E-state index is 0.981. The molecule has 25 rings (SSSR count). The van der Waals surface area contributed by atoms with Gasteiger partial charge in [-0.15, -0.1) is 0 Å². The van der Waals surface area contributed by atoms with Crippen LogP contribution >= 0.6 is 0 Å². The van der Waals surface area contributed by atoms with Crippen LogP contribution in [-0.4, -0.2) is 86.2 Å². The second kappa shape index (κ2) is 20.2. The standard InChI is InChI=1S/C58H62N10/c1-67-23-3-19-59-35-39-7-15-51-47(27-39)31-43-11-13-45-33-49-29-41(9-17-53(49)65-57(45)55(43)63-51)37-61-21-5-25-68(2)26-6-22-62-38-42-10-18-54-50(30-42)34-46-14-12-44-32-48-28-40(36-60-20-4-24-67)8-16-52(48)64-56(44)58(46)66-54/h7-18,27-34,59-62H,3-6,19-26,35-38H2,1-2H3/p+6. The van der Waals surface area contributed by atoms with E-state index >= 15 is 0 Å². The Bertz CT molecular complexity index is 2990. The number of hydrogen-bond donors (Lipinski definition) is 4. The van der Waals surface area contributed by atoms with Crippen molar-refractivity contribution in [2.75, 3.05) is 66.5 Å². The monoisotopic (exact) mass is 905 g/mol. The molecule has 0 saturated heterocycles. The summed E-state index contributed by atoms with van der Waals surface area (Å²) in [5, 5.41) is 19.5. The Kier molecular flexibility index (Phi) is 13.1. The predicted octanol–water partition coefficient (Wildman–Crippen LogP) is 4.72. The van der Waals surface area contributed by atoms with Gasteiger partial charge < -0.3 is 31.1 Å². The van der Waals surface area contributed by atoms with E-state index in [1.807, 2.05) is 0 Å². The number of nitrogens with two attached hydrogens (primary N) is 4. The van der Waals surface area contributed by atoms with Gasteiger partial charge in [-0.25, -0.2) is 19.9 Å². The summed E-state index contributed by atoms with van der Waals surface area (Å²) in [7, 11) is 4.54. The highest BCUT2D eigenvalue weighted by Gasteiger charge is 2.16. The molecule has 4 aromatic heterocycles. The Balaban J connectivity index is 0.764. The molecule has 10 heteroatoms. The molecule has 0 fully saturated rings. The van der Waals surface area contributed by atoms with Gasteiger partial charge in [-0.2, -0.15) is 0 Å². The first-order valence-corrected chi connectivity index (χ1v) is 25.3. The van der Waals surface area contributed by atoms with E-state index in [1.165, 1.54) is 91.0 Å². The first kappa shape index (κ1) is 44.3. The van der Waals surface area contributed by atoms with Gasteiger partial charge in [0.25, 0.3) is 0 Å². The lowest BCUT2D eigenvalue weighted by Gasteiger charge is -2.15. The van der Waals surface area contributed by atoms with Gasteiger partial charge in [0.05, 0.1) is 37.2 Å². The van der Waals surface area contributed by atoms with E-state index in [0.717, 1.165) is 123 Å². The Labute approximate surface area is 398 Å². The van der Waals surface area contributed by atoms with Crippen LogP contribution in [0.5, 0.6) is 0 Å². The van der Waals surface area contributed by atoms with Crippen LogP contribution in [0.25, 0.3) is 87.2 Å². The van der Waals surface area contributed by atoms with E-state index in [4.69, 9.17) is 9.97 Å². The van der Waals surface area contributed by atoms with Crippen LogP contribution in [0.3, 0.4) is 0 Å². The second-order valence-corrected chi connectivity index (χ2v) is 19.8. The molecule has 20 bridgehead atoms. The minimum Gasteiger partial charge on any atom is -0.342 e. The van der Waals surface area contributed by atoms with Crippen molar-refractivity contribution in [2.24, 2.45) is 0 Å². The highest BCUT2D eigenvalue weighted by atomic mass is 15.1. The fourth-order valence-corrected chi connectivity index (χ4v) is 10.6. The summed E-state index contributed by atoms with van der Waals surface area (Å²) >= 11 is 0. The van der Waals surface area contributed by atoms with E-state index < -0.39 is 0 Å². The van der Waals surface area contributed by atoms with Crippen LogP contribution in [0.1, 0.15) is 47.9 Å². The third kappa shape index (κ3) is 9.98. The summed E-state index contributed by atoms with van der Waals surface area (Å²) < 4.78 is 0. The molecule has 0 amide bonds. The van der Waals surface area contributed by atoms with Crippen molar-refractivity contribution in [3.05, 3.63) is 144 Å². The van der Waals surface area contributed by atoms with Gasteiger partial charge in [0.1, 0.15) is 37.2 Å². The quantitative estimate of drug-likeness (QED) is 0.130. The first-order chi connectivity index (χ1) is 33.5. The highest BCUT2D eigenvalue weighted by Crippen LogP contribution is 2.29. The van der Waals surface area contributed by atoms with Gasteiger partial charge in [0, 0.05) is 129 Å². The van der Waals surface area contributed by atoms with Gasteiger partial charge in [0.15, 0.2) is 0 Å². The summed E-state index contributed by atoms with van der Waals surface area (Å²) in [5.74, 6) is 0. The predicted molar refractivity (Wildman–Crippen MR) is 277 cm³/mol. The minimum atomic E-state index is 0.981. The molecule has 15 aliphatic heterocycles. The number of rotatable bonds is 0. The maximum absolute atomic E-state index is 5.22. The van der Waals surface area contributed by atoms with Crippen molar-refractivity contribution in [1.82, 2.24) is 19.8 Å². The Morgan fingerprint density at radius 1 is 0.368 bits per heavy atom. The molecule has 10 aromatic rings. The number of nitrogens with one attached hydrogen (secondary N) is 2. The molecular weight excluding hydrogens is 837 g/mol. The molecule has 0 atom stereocenters. The van der Waals surface area contributed by atoms with Crippen molar-refractivity contribution in [2.45, 2.75) is 51.9 Å². The zero-order valence-electron chi connectivity index (χ0n) is 40.0. The molecule has 10 nitrogen and oxygen atoms in total. The van der Waals surface area contributed by atoms with Crippen LogP contribution in [0.2, 0.25) is 0 Å². The van der Waals surface area contributed by atoms with Crippen LogP contribution < -0.4 is 31.2 Å². The third-order valence-electron chi connectivity index (χ3n) is 14.4. The molecule has 0 aliphatic carbocycles. The van der Waals surface area contributed by atoms with Crippen molar-refractivity contribution in [3.8, 4) is 0 Å². The fraction of sp³-hybridized carbons (Fsp3) is 0.310. The van der Waals surface area contributed by atoms with E-state index in [1.54, 1.807) is 0 Å². The molecule has 68 heavy (non-hydrogen) atoms. The van der Waals surface area contributed by atoms with E-state index in [2.05, 4.69) is 176 Å². The summed E-state index contributed by atoms with van der Waals surface area (Å²) in [6.07, 6.45) is 4.73. The van der Waals surface area contributed by atoms with Gasteiger partial charge >= 0.3 is 0 Å². The number of aromatic amines is 2. The normalized spacial score (nSPS) is 16.9. The zero-order chi connectivity index (χ0) is 45.8. The molecule has 10 N–H and O–H groups in total. The largest absolute Gasteiger partial charge is 0.342 e. The number of pyridine rings is 4. The topological polar surface area (TPSA) is 127 Å². The lowest BCUT2D eigenvalue weighted by Crippen LogP contribution is -2.83. The summed E-state index contributed by atoms with van der Waals surface area (Å²) in [5.41, 5.74) is 14.1. The van der Waals surface area contributed by atoms with Crippen LogP contribution in [0.4, 0.5) is 0 Å². The van der Waals surface area contributed by atoms with Gasteiger partial charge in [0.2, 0.25) is 22.1 Å². The van der Waals surface area contributed by atoms with Crippen molar-refractivity contribution < 1.29 is 31.2 Å². The smallest absolute Gasteiger partial charge is 0.237 e. The average molecular weight is 905 g/mol. The molecule has 0 unspecified atom stereocenters. The lowest BCUT2D eigenvalue weighted by molar-refractivity contribution is -0.671. The summed E-state index contributed by atoms with van der Waals surface area (Å²) in [6, 6.07) is 45.6. The third-order valence-corrected chi connectivity index (χ3v) is 14.4. The van der Waals surface area contributed by atoms with Crippen molar-refractivity contribution in [3.63, 3.8) is 0 Å². The van der Waals surface area contributed by atoms with Gasteiger partial charge in [-0.1, -0.05) is 24.3 Å². The average Bonchev–Trinajstić information content (AvgIpc) is 3.35. The molecule has 19 heterocycles. The molecule has 15 aliphatic rings.